The van der Waals surface area contributed by atoms with Crippen LogP contribution in [0.5, 0.6) is 0 Å². The van der Waals surface area contributed by atoms with E-state index in [-0.39, 0.29) is 0 Å². The largest absolute Gasteiger partial charge is 0.330 e. The summed E-state index contributed by atoms with van der Waals surface area (Å²) < 4.78 is 2.14. The van der Waals surface area contributed by atoms with Gasteiger partial charge in [-0.05, 0) is 38.3 Å². The van der Waals surface area contributed by atoms with Crippen molar-refractivity contribution >= 4 is 0 Å². The molecule has 1 aliphatic carbocycles. The first-order chi connectivity index (χ1) is 7.31. The summed E-state index contributed by atoms with van der Waals surface area (Å²) in [6.07, 6.45) is 8.61. The van der Waals surface area contributed by atoms with Crippen LogP contribution in [-0.2, 0) is 0 Å². The lowest BCUT2D eigenvalue weighted by Crippen LogP contribution is -2.25. The average Bonchev–Trinajstić information content (AvgIpc) is 2.54. The lowest BCUT2D eigenvalue weighted by Gasteiger charge is -2.24. The van der Waals surface area contributed by atoms with Gasteiger partial charge in [-0.2, -0.15) is 5.10 Å². The summed E-state index contributed by atoms with van der Waals surface area (Å²) in [5.41, 5.74) is 6.97. The van der Waals surface area contributed by atoms with Gasteiger partial charge in [-0.1, -0.05) is 19.3 Å². The van der Waals surface area contributed by atoms with Gasteiger partial charge in [0.05, 0.1) is 11.7 Å². The van der Waals surface area contributed by atoms with Gasteiger partial charge < -0.3 is 5.73 Å². The lowest BCUT2D eigenvalue weighted by atomic mass is 9.95. The molecule has 0 aliphatic heterocycles. The van der Waals surface area contributed by atoms with E-state index >= 15 is 0 Å². The molecule has 3 heteroatoms. The Kier molecular flexibility index (Phi) is 3.41. The van der Waals surface area contributed by atoms with E-state index in [9.17, 15) is 0 Å². The van der Waals surface area contributed by atoms with Crippen LogP contribution in [0.25, 0.3) is 0 Å². The first-order valence-electron chi connectivity index (χ1n) is 6.03. The molecule has 2 unspecified atom stereocenters. The third-order valence-electron chi connectivity index (χ3n) is 3.50. The first kappa shape index (κ1) is 10.7. The molecule has 0 amide bonds. The number of nitrogens with two attached hydrogens (primary N) is 1. The molecule has 0 spiro atoms. The Balaban J connectivity index is 2.16. The zero-order chi connectivity index (χ0) is 10.7. The van der Waals surface area contributed by atoms with Crippen molar-refractivity contribution in [1.82, 2.24) is 9.78 Å². The number of nitrogens with zero attached hydrogens (tertiary/aromatic N) is 2. The molecule has 1 saturated carbocycles. The quantitative estimate of drug-likeness (QED) is 0.756. The highest BCUT2D eigenvalue weighted by Gasteiger charge is 2.24. The third kappa shape index (κ3) is 2.40. The average molecular weight is 207 g/mol. The fraction of sp³-hybridized carbons (Fsp3) is 0.750. The minimum atomic E-state index is 0.534. The monoisotopic (exact) mass is 207 g/mol. The van der Waals surface area contributed by atoms with Crippen LogP contribution in [0.1, 0.15) is 43.8 Å². The topological polar surface area (TPSA) is 43.8 Å². The third-order valence-corrected chi connectivity index (χ3v) is 3.50. The molecule has 2 rings (SSSR count). The van der Waals surface area contributed by atoms with Crippen molar-refractivity contribution in [1.29, 1.82) is 0 Å². The number of aryl methyl sites for hydroxylation is 1. The van der Waals surface area contributed by atoms with Crippen molar-refractivity contribution in [3.8, 4) is 0 Å². The highest BCUT2D eigenvalue weighted by molar-refractivity contribution is 4.97. The Hall–Kier alpha value is -0.830. The van der Waals surface area contributed by atoms with Crippen LogP contribution in [0.3, 0.4) is 0 Å². The van der Waals surface area contributed by atoms with E-state index in [2.05, 4.69) is 22.0 Å². The van der Waals surface area contributed by atoms with Crippen LogP contribution in [0, 0.1) is 12.8 Å². The number of hydrogen-bond acceptors (Lipinski definition) is 2. The van der Waals surface area contributed by atoms with Gasteiger partial charge in [0.2, 0.25) is 0 Å². The number of rotatable bonds is 2. The molecule has 0 bridgehead atoms. The molecule has 1 heterocycles. The van der Waals surface area contributed by atoms with Crippen LogP contribution in [0.15, 0.2) is 12.3 Å². The van der Waals surface area contributed by atoms with Gasteiger partial charge in [0, 0.05) is 6.20 Å². The fourth-order valence-electron chi connectivity index (χ4n) is 2.61. The summed E-state index contributed by atoms with van der Waals surface area (Å²) in [5.74, 6) is 0.617. The molecule has 1 aromatic heterocycles. The second kappa shape index (κ2) is 4.79. The van der Waals surface area contributed by atoms with Gasteiger partial charge in [-0.25, -0.2) is 0 Å². The molecule has 2 atom stereocenters. The Labute approximate surface area is 91.7 Å². The van der Waals surface area contributed by atoms with Gasteiger partial charge in [-0.15, -0.1) is 0 Å². The molecule has 0 saturated heterocycles. The molecule has 3 nitrogen and oxygen atoms in total. The van der Waals surface area contributed by atoms with Gasteiger partial charge >= 0.3 is 0 Å². The minimum Gasteiger partial charge on any atom is -0.330 e. The predicted octanol–water partition coefficient (Wildman–Crippen LogP) is 2.27. The van der Waals surface area contributed by atoms with E-state index in [1.54, 1.807) is 0 Å². The molecule has 0 aromatic carbocycles. The molecule has 0 radical (unpaired) electrons. The summed E-state index contributed by atoms with van der Waals surface area (Å²) in [5, 5.41) is 4.54. The first-order valence-corrected chi connectivity index (χ1v) is 6.03. The normalized spacial score (nSPS) is 27.6. The van der Waals surface area contributed by atoms with E-state index in [0.29, 0.717) is 12.0 Å². The van der Waals surface area contributed by atoms with E-state index in [1.807, 2.05) is 6.92 Å². The second-order valence-electron chi connectivity index (χ2n) is 4.64. The Morgan fingerprint density at radius 2 is 2.20 bits per heavy atom. The van der Waals surface area contributed by atoms with E-state index in [0.717, 1.165) is 12.2 Å². The van der Waals surface area contributed by atoms with Crippen LogP contribution < -0.4 is 5.73 Å². The molecule has 15 heavy (non-hydrogen) atoms. The smallest absolute Gasteiger partial charge is 0.0593 e. The van der Waals surface area contributed by atoms with Gasteiger partial charge in [0.1, 0.15) is 0 Å². The van der Waals surface area contributed by atoms with Gasteiger partial charge in [0.15, 0.2) is 0 Å². The fourth-order valence-corrected chi connectivity index (χ4v) is 2.61. The summed E-state index contributed by atoms with van der Waals surface area (Å²) in [7, 11) is 0. The lowest BCUT2D eigenvalue weighted by molar-refractivity contribution is 0.294. The molecule has 1 aliphatic rings. The van der Waals surface area contributed by atoms with Gasteiger partial charge in [-0.3, -0.25) is 4.68 Å². The van der Waals surface area contributed by atoms with Gasteiger partial charge in [0.25, 0.3) is 0 Å². The molecule has 2 N–H and O–H groups in total. The molecule has 1 aromatic rings. The van der Waals surface area contributed by atoms with Crippen LogP contribution >= 0.6 is 0 Å². The standard InChI is InChI=1S/C12H21N3/c1-10-7-8-15(14-10)12-6-4-2-3-5-11(12)9-13/h7-8,11-12H,2-6,9,13H2,1H3. The Bertz CT molecular complexity index is 306. The zero-order valence-electron chi connectivity index (χ0n) is 9.52. The van der Waals surface area contributed by atoms with Crippen molar-refractivity contribution in [3.63, 3.8) is 0 Å². The molecule has 84 valence electrons. The maximum absolute atomic E-state index is 5.87. The maximum Gasteiger partial charge on any atom is 0.0593 e. The summed E-state index contributed by atoms with van der Waals surface area (Å²) >= 11 is 0. The van der Waals surface area contributed by atoms with Crippen molar-refractivity contribution < 1.29 is 0 Å². The number of hydrogen-bond donors (Lipinski definition) is 1. The zero-order valence-corrected chi connectivity index (χ0v) is 9.52. The Morgan fingerprint density at radius 1 is 1.40 bits per heavy atom. The second-order valence-corrected chi connectivity index (χ2v) is 4.64. The SMILES string of the molecule is Cc1ccn(C2CCCCCC2CN)n1. The summed E-state index contributed by atoms with van der Waals surface area (Å²) in [6.45, 7) is 2.84. The van der Waals surface area contributed by atoms with Crippen LogP contribution in [0.2, 0.25) is 0 Å². The maximum atomic E-state index is 5.87. The predicted molar refractivity (Wildman–Crippen MR) is 61.6 cm³/mol. The van der Waals surface area contributed by atoms with Crippen LogP contribution in [0.4, 0.5) is 0 Å². The molecule has 1 fully saturated rings. The molecular weight excluding hydrogens is 186 g/mol. The highest BCUT2D eigenvalue weighted by Crippen LogP contribution is 2.31. The molecular formula is C12H21N3. The summed E-state index contributed by atoms with van der Waals surface area (Å²) in [4.78, 5) is 0. The van der Waals surface area contributed by atoms with Crippen LogP contribution in [-0.4, -0.2) is 16.3 Å². The van der Waals surface area contributed by atoms with Crippen molar-refractivity contribution in [2.45, 2.75) is 45.1 Å². The minimum absolute atomic E-state index is 0.534. The van der Waals surface area contributed by atoms with E-state index in [4.69, 9.17) is 5.73 Å². The van der Waals surface area contributed by atoms with E-state index < -0.39 is 0 Å². The highest BCUT2D eigenvalue weighted by atomic mass is 15.3. The number of aromatic nitrogens is 2. The van der Waals surface area contributed by atoms with Crippen molar-refractivity contribution in [2.24, 2.45) is 11.7 Å². The van der Waals surface area contributed by atoms with Crippen molar-refractivity contribution in [3.05, 3.63) is 18.0 Å². The summed E-state index contributed by atoms with van der Waals surface area (Å²) in [6, 6.07) is 2.62. The van der Waals surface area contributed by atoms with Crippen molar-refractivity contribution in [2.75, 3.05) is 6.54 Å². The van der Waals surface area contributed by atoms with E-state index in [1.165, 1.54) is 32.1 Å². The Morgan fingerprint density at radius 3 is 2.87 bits per heavy atom.